The highest BCUT2D eigenvalue weighted by Crippen LogP contribution is 2.35. The third kappa shape index (κ3) is 5.35. The van der Waals surface area contributed by atoms with Gasteiger partial charge in [0.2, 0.25) is 0 Å². The molecule has 1 fully saturated rings. The minimum Gasteiger partial charge on any atom is -0.489 e. The molecule has 31 heavy (non-hydrogen) atoms. The molecule has 5 heteroatoms. The molecular weight excluding hydrogens is 388 g/mol. The van der Waals surface area contributed by atoms with E-state index in [0.29, 0.717) is 12.6 Å². The van der Waals surface area contributed by atoms with Crippen molar-refractivity contribution in [3.8, 4) is 17.0 Å². The van der Waals surface area contributed by atoms with Gasteiger partial charge in [0.05, 0.1) is 23.9 Å². The minimum absolute atomic E-state index is 0.0907. The molecule has 1 atom stereocenters. The molecule has 0 amide bonds. The SMILES string of the molecule is CC(CC(=O)O)c1cc(-c2ccc(OCc3ccccc3)cc2)n(C2CCCCC2)n1. The highest BCUT2D eigenvalue weighted by Gasteiger charge is 2.23. The number of carboxylic acid groups (broad SMARTS) is 1. The molecule has 1 saturated carbocycles. The third-order valence-electron chi connectivity index (χ3n) is 6.06. The molecule has 1 aliphatic rings. The van der Waals surface area contributed by atoms with Crippen molar-refractivity contribution in [1.82, 2.24) is 9.78 Å². The first-order valence-corrected chi connectivity index (χ1v) is 11.2. The number of hydrogen-bond donors (Lipinski definition) is 1. The van der Waals surface area contributed by atoms with Gasteiger partial charge in [0.15, 0.2) is 0 Å². The minimum atomic E-state index is -0.791. The van der Waals surface area contributed by atoms with Gasteiger partial charge in [-0.15, -0.1) is 0 Å². The first kappa shape index (κ1) is 21.2. The van der Waals surface area contributed by atoms with Gasteiger partial charge in [-0.2, -0.15) is 5.10 Å². The molecule has 4 rings (SSSR count). The number of benzene rings is 2. The van der Waals surface area contributed by atoms with Crippen LogP contribution in [0.2, 0.25) is 0 Å². The van der Waals surface area contributed by atoms with Gasteiger partial charge in [0.1, 0.15) is 12.4 Å². The fraction of sp³-hybridized carbons (Fsp3) is 0.385. The van der Waals surface area contributed by atoms with Crippen molar-refractivity contribution in [3.63, 3.8) is 0 Å². The van der Waals surface area contributed by atoms with Crippen molar-refractivity contribution in [2.45, 2.75) is 64.0 Å². The Balaban J connectivity index is 1.56. The summed E-state index contributed by atoms with van der Waals surface area (Å²) in [7, 11) is 0. The van der Waals surface area contributed by atoms with Gasteiger partial charge in [0, 0.05) is 11.5 Å². The smallest absolute Gasteiger partial charge is 0.304 e. The maximum Gasteiger partial charge on any atom is 0.304 e. The molecule has 3 aromatic rings. The summed E-state index contributed by atoms with van der Waals surface area (Å²) in [6, 6.07) is 20.7. The van der Waals surface area contributed by atoms with Gasteiger partial charge in [0.25, 0.3) is 0 Å². The molecule has 2 aromatic carbocycles. The van der Waals surface area contributed by atoms with Gasteiger partial charge in [-0.3, -0.25) is 9.48 Å². The van der Waals surface area contributed by atoms with Crippen molar-refractivity contribution < 1.29 is 14.6 Å². The van der Waals surface area contributed by atoms with Crippen LogP contribution in [-0.4, -0.2) is 20.9 Å². The Hall–Kier alpha value is -3.08. The van der Waals surface area contributed by atoms with Gasteiger partial charge in [-0.25, -0.2) is 0 Å². The van der Waals surface area contributed by atoms with Crippen LogP contribution in [0, 0.1) is 0 Å². The molecule has 1 heterocycles. The fourth-order valence-electron chi connectivity index (χ4n) is 4.30. The molecule has 0 aliphatic heterocycles. The molecule has 1 aliphatic carbocycles. The van der Waals surface area contributed by atoms with E-state index in [4.69, 9.17) is 9.84 Å². The van der Waals surface area contributed by atoms with Crippen LogP contribution in [0.3, 0.4) is 0 Å². The average molecular weight is 419 g/mol. The highest BCUT2D eigenvalue weighted by molar-refractivity contribution is 5.68. The van der Waals surface area contributed by atoms with Crippen molar-refractivity contribution in [3.05, 3.63) is 71.9 Å². The lowest BCUT2D eigenvalue weighted by atomic mass is 9.95. The van der Waals surface area contributed by atoms with Gasteiger partial charge in [-0.1, -0.05) is 56.5 Å². The van der Waals surface area contributed by atoms with Crippen LogP contribution < -0.4 is 4.74 Å². The molecule has 5 nitrogen and oxygen atoms in total. The summed E-state index contributed by atoms with van der Waals surface area (Å²) >= 11 is 0. The number of aromatic nitrogens is 2. The molecule has 0 spiro atoms. The lowest BCUT2D eigenvalue weighted by Crippen LogP contribution is -2.15. The highest BCUT2D eigenvalue weighted by atomic mass is 16.5. The van der Waals surface area contributed by atoms with Crippen LogP contribution in [0.25, 0.3) is 11.3 Å². The van der Waals surface area contributed by atoms with Gasteiger partial charge < -0.3 is 9.84 Å². The van der Waals surface area contributed by atoms with E-state index < -0.39 is 5.97 Å². The maximum absolute atomic E-state index is 11.2. The molecule has 1 aromatic heterocycles. The number of nitrogens with zero attached hydrogens (tertiary/aromatic N) is 2. The van der Waals surface area contributed by atoms with E-state index in [1.165, 1.54) is 19.3 Å². The zero-order chi connectivity index (χ0) is 21.6. The standard InChI is InChI=1S/C26H30N2O3/c1-19(16-26(29)30)24-17-25(28(27-24)22-10-6-3-7-11-22)21-12-14-23(15-13-21)31-18-20-8-4-2-5-9-20/h2,4-5,8-9,12-15,17,19,22H,3,6-7,10-11,16,18H2,1H3,(H,29,30). The summed E-state index contributed by atoms with van der Waals surface area (Å²) in [5, 5.41) is 14.1. The first-order valence-electron chi connectivity index (χ1n) is 11.2. The molecular formula is C26H30N2O3. The van der Waals surface area contributed by atoms with Gasteiger partial charge >= 0.3 is 5.97 Å². The van der Waals surface area contributed by atoms with E-state index in [2.05, 4.69) is 35.0 Å². The Kier molecular flexibility index (Phi) is 6.70. The topological polar surface area (TPSA) is 64.3 Å². The van der Waals surface area contributed by atoms with Crippen LogP contribution in [-0.2, 0) is 11.4 Å². The van der Waals surface area contributed by atoms with Crippen LogP contribution in [0.5, 0.6) is 5.75 Å². The van der Waals surface area contributed by atoms with Crippen molar-refractivity contribution in [2.75, 3.05) is 0 Å². The number of ether oxygens (including phenoxy) is 1. The van der Waals surface area contributed by atoms with E-state index in [9.17, 15) is 9.90 Å². The monoisotopic (exact) mass is 418 g/mol. The van der Waals surface area contributed by atoms with Crippen LogP contribution in [0.4, 0.5) is 0 Å². The second-order valence-electron chi connectivity index (χ2n) is 8.49. The molecule has 1 N–H and O–H groups in total. The Morgan fingerprint density at radius 1 is 1.10 bits per heavy atom. The summed E-state index contributed by atoms with van der Waals surface area (Å²) in [5.74, 6) is -0.0773. The van der Waals surface area contributed by atoms with E-state index >= 15 is 0 Å². The zero-order valence-corrected chi connectivity index (χ0v) is 18.0. The van der Waals surface area contributed by atoms with Crippen molar-refractivity contribution in [2.24, 2.45) is 0 Å². The normalized spacial score (nSPS) is 15.5. The first-order chi connectivity index (χ1) is 15.1. The second-order valence-corrected chi connectivity index (χ2v) is 8.49. The van der Waals surface area contributed by atoms with Crippen LogP contribution in [0.1, 0.15) is 68.7 Å². The van der Waals surface area contributed by atoms with E-state index in [1.807, 2.05) is 37.3 Å². The molecule has 162 valence electrons. The van der Waals surface area contributed by atoms with E-state index in [1.54, 1.807) is 0 Å². The number of aliphatic carboxylic acids is 1. The average Bonchev–Trinajstić information content (AvgIpc) is 3.25. The van der Waals surface area contributed by atoms with Crippen molar-refractivity contribution >= 4 is 5.97 Å². The van der Waals surface area contributed by atoms with Crippen LogP contribution >= 0.6 is 0 Å². The molecule has 0 saturated heterocycles. The summed E-state index contributed by atoms with van der Waals surface area (Å²) in [4.78, 5) is 11.2. The lowest BCUT2D eigenvalue weighted by molar-refractivity contribution is -0.137. The number of hydrogen-bond acceptors (Lipinski definition) is 3. The number of rotatable bonds is 8. The lowest BCUT2D eigenvalue weighted by Gasteiger charge is -2.24. The molecule has 1 unspecified atom stereocenters. The summed E-state index contributed by atoms with van der Waals surface area (Å²) in [6.45, 7) is 2.48. The third-order valence-corrected chi connectivity index (χ3v) is 6.06. The van der Waals surface area contributed by atoms with Crippen LogP contribution in [0.15, 0.2) is 60.7 Å². The number of carboxylic acids is 1. The Morgan fingerprint density at radius 3 is 2.48 bits per heavy atom. The predicted octanol–water partition coefficient (Wildman–Crippen LogP) is 6.21. The fourth-order valence-corrected chi connectivity index (χ4v) is 4.30. The Labute approximate surface area is 183 Å². The summed E-state index contributed by atoms with van der Waals surface area (Å²) in [6.07, 6.45) is 6.06. The quantitative estimate of drug-likeness (QED) is 0.472. The molecule has 0 radical (unpaired) electrons. The molecule has 0 bridgehead atoms. The summed E-state index contributed by atoms with van der Waals surface area (Å²) in [5.41, 5.74) is 4.14. The maximum atomic E-state index is 11.2. The summed E-state index contributed by atoms with van der Waals surface area (Å²) < 4.78 is 8.07. The second kappa shape index (κ2) is 9.82. The zero-order valence-electron chi connectivity index (χ0n) is 18.0. The van der Waals surface area contributed by atoms with Crippen molar-refractivity contribution in [1.29, 1.82) is 0 Å². The Morgan fingerprint density at radius 2 is 1.81 bits per heavy atom. The largest absolute Gasteiger partial charge is 0.489 e. The number of carbonyl (C=O) groups is 1. The Bertz CT molecular complexity index is 989. The van der Waals surface area contributed by atoms with Gasteiger partial charge in [-0.05, 0) is 48.7 Å². The predicted molar refractivity (Wildman–Crippen MR) is 121 cm³/mol. The van der Waals surface area contributed by atoms with E-state index in [0.717, 1.165) is 41.1 Å². The van der Waals surface area contributed by atoms with E-state index in [-0.39, 0.29) is 12.3 Å².